The summed E-state index contributed by atoms with van der Waals surface area (Å²) in [4.78, 5) is 10.8. The van der Waals surface area contributed by atoms with Gasteiger partial charge in [0.05, 0.1) is 6.20 Å². The van der Waals surface area contributed by atoms with Gasteiger partial charge in [0.25, 0.3) is 5.78 Å². The van der Waals surface area contributed by atoms with Crippen LogP contribution < -0.4 is 0 Å². The fraction of sp³-hybridized carbons (Fsp3) is 0. The summed E-state index contributed by atoms with van der Waals surface area (Å²) in [6.07, 6.45) is 3.26. The topological polar surface area (TPSA) is 102 Å². The Morgan fingerprint density at radius 2 is 1.77 bits per heavy atom. The fourth-order valence-electron chi connectivity index (χ4n) is 0.787. The number of ketones is 1. The van der Waals surface area contributed by atoms with Crippen LogP contribution in [0.5, 0.6) is 0 Å². The SMILES string of the molecule is O=C1C(O)=CC(=C/N=N/O)C=C1O. The van der Waals surface area contributed by atoms with Gasteiger partial charge in [0.2, 0.25) is 0 Å². The monoisotopic (exact) mass is 182 g/mol. The first-order valence-electron chi connectivity index (χ1n) is 3.25. The number of nitrogens with zero attached hydrogens (tertiary/aromatic N) is 2. The summed E-state index contributed by atoms with van der Waals surface area (Å²) < 4.78 is 0. The third-order valence-electron chi connectivity index (χ3n) is 1.33. The Morgan fingerprint density at radius 3 is 2.23 bits per heavy atom. The third-order valence-corrected chi connectivity index (χ3v) is 1.33. The van der Waals surface area contributed by atoms with Crippen molar-refractivity contribution in [2.45, 2.75) is 0 Å². The molecule has 0 amide bonds. The number of allylic oxidation sites excluding steroid dienone is 3. The zero-order chi connectivity index (χ0) is 9.84. The number of carbonyl (C=O) groups is 1. The highest BCUT2D eigenvalue weighted by molar-refractivity contribution is 6.06. The van der Waals surface area contributed by atoms with Crippen LogP contribution in [0.1, 0.15) is 0 Å². The van der Waals surface area contributed by atoms with Crippen molar-refractivity contribution in [1.29, 1.82) is 0 Å². The van der Waals surface area contributed by atoms with Crippen molar-refractivity contribution in [3.05, 3.63) is 35.4 Å². The largest absolute Gasteiger partial charge is 0.504 e. The first-order chi connectivity index (χ1) is 6.15. The maximum Gasteiger partial charge on any atom is 0.261 e. The molecule has 0 atom stereocenters. The van der Waals surface area contributed by atoms with Gasteiger partial charge in [0.15, 0.2) is 11.5 Å². The molecule has 0 aromatic carbocycles. The highest BCUT2D eigenvalue weighted by Crippen LogP contribution is 2.15. The second kappa shape index (κ2) is 3.53. The normalized spacial score (nSPS) is 17.2. The van der Waals surface area contributed by atoms with E-state index >= 15 is 0 Å². The molecule has 0 unspecified atom stereocenters. The molecule has 0 heterocycles. The van der Waals surface area contributed by atoms with E-state index in [2.05, 4.69) is 10.4 Å². The minimum atomic E-state index is -0.849. The Bertz CT molecular complexity index is 328. The zero-order valence-electron chi connectivity index (χ0n) is 6.38. The molecule has 3 N–H and O–H groups in total. The van der Waals surface area contributed by atoms with Gasteiger partial charge in [-0.1, -0.05) is 0 Å². The highest BCUT2D eigenvalue weighted by atomic mass is 16.5. The summed E-state index contributed by atoms with van der Waals surface area (Å²) in [7, 11) is 0. The first-order valence-corrected chi connectivity index (χ1v) is 3.25. The van der Waals surface area contributed by atoms with Crippen molar-refractivity contribution < 1.29 is 20.2 Å². The molecular formula is C7H6N2O4. The minimum absolute atomic E-state index is 0.257. The maximum atomic E-state index is 10.8. The molecule has 13 heavy (non-hydrogen) atoms. The van der Waals surface area contributed by atoms with E-state index in [-0.39, 0.29) is 5.57 Å². The summed E-state index contributed by atoms with van der Waals surface area (Å²) in [6, 6.07) is 0. The van der Waals surface area contributed by atoms with E-state index in [9.17, 15) is 4.79 Å². The number of carbonyl (C=O) groups excluding carboxylic acids is 1. The molecule has 0 radical (unpaired) electrons. The van der Waals surface area contributed by atoms with Crippen molar-refractivity contribution in [3.8, 4) is 0 Å². The summed E-state index contributed by atoms with van der Waals surface area (Å²) in [6.45, 7) is 0. The molecule has 0 fully saturated rings. The van der Waals surface area contributed by atoms with Crippen molar-refractivity contribution in [2.24, 2.45) is 10.4 Å². The quantitative estimate of drug-likeness (QED) is 0.418. The average Bonchev–Trinajstić information content (AvgIpc) is 2.10. The van der Waals surface area contributed by atoms with Crippen LogP contribution in [0.4, 0.5) is 0 Å². The smallest absolute Gasteiger partial charge is 0.261 e. The number of aliphatic hydroxyl groups is 2. The van der Waals surface area contributed by atoms with Gasteiger partial charge in [-0.3, -0.25) is 4.79 Å². The molecule has 68 valence electrons. The molecule has 1 aliphatic rings. The number of rotatable bonds is 1. The van der Waals surface area contributed by atoms with Crippen LogP contribution in [-0.2, 0) is 4.79 Å². The summed E-state index contributed by atoms with van der Waals surface area (Å²) in [5.41, 5.74) is 0.257. The Kier molecular flexibility index (Phi) is 2.44. The van der Waals surface area contributed by atoms with Crippen LogP contribution in [0.25, 0.3) is 0 Å². The predicted octanol–water partition coefficient (Wildman–Crippen LogP) is 1.18. The second-order valence-electron chi connectivity index (χ2n) is 2.22. The van der Waals surface area contributed by atoms with Crippen LogP contribution in [0.15, 0.2) is 45.8 Å². The van der Waals surface area contributed by atoms with Crippen molar-refractivity contribution in [1.82, 2.24) is 0 Å². The molecule has 6 heteroatoms. The number of hydrogen-bond donors (Lipinski definition) is 3. The lowest BCUT2D eigenvalue weighted by molar-refractivity contribution is -0.117. The maximum absolute atomic E-state index is 10.8. The van der Waals surface area contributed by atoms with E-state index in [4.69, 9.17) is 15.4 Å². The van der Waals surface area contributed by atoms with Gasteiger partial charge in [-0.2, -0.15) is 0 Å². The summed E-state index contributed by atoms with van der Waals surface area (Å²) in [5, 5.41) is 31.4. The van der Waals surface area contributed by atoms with Gasteiger partial charge >= 0.3 is 0 Å². The fourth-order valence-corrected chi connectivity index (χ4v) is 0.787. The van der Waals surface area contributed by atoms with Crippen LogP contribution in [-0.4, -0.2) is 21.2 Å². The summed E-state index contributed by atoms with van der Waals surface area (Å²) >= 11 is 0. The standard InChI is InChI=1S/C7H6N2O4/c10-5-1-4(3-8-9-13)2-6(11)7(5)12/h1-3,10-11H,(H,8,13). The summed E-state index contributed by atoms with van der Waals surface area (Å²) in [5.74, 6) is -2.02. The number of hydrogen-bond acceptors (Lipinski definition) is 5. The van der Waals surface area contributed by atoms with Gasteiger partial charge in [-0.25, -0.2) is 0 Å². The second-order valence-corrected chi connectivity index (χ2v) is 2.22. The number of Topliss-reactive ketones (excluding diaryl/α,β-unsaturated/α-hetero) is 1. The van der Waals surface area contributed by atoms with E-state index in [0.717, 1.165) is 18.4 Å². The highest BCUT2D eigenvalue weighted by Gasteiger charge is 2.18. The molecule has 1 rings (SSSR count). The Balaban J connectivity index is 3.00. The van der Waals surface area contributed by atoms with E-state index in [0.29, 0.717) is 0 Å². The van der Waals surface area contributed by atoms with Gasteiger partial charge in [0, 0.05) is 10.9 Å². The van der Waals surface area contributed by atoms with Gasteiger partial charge in [0.1, 0.15) is 0 Å². The van der Waals surface area contributed by atoms with Crippen LogP contribution >= 0.6 is 0 Å². The van der Waals surface area contributed by atoms with Gasteiger partial charge in [-0.05, 0) is 12.2 Å². The van der Waals surface area contributed by atoms with Gasteiger partial charge in [-0.15, -0.1) is 5.11 Å². The first kappa shape index (κ1) is 8.98. The van der Waals surface area contributed by atoms with E-state index in [1.54, 1.807) is 0 Å². The minimum Gasteiger partial charge on any atom is -0.504 e. The molecular weight excluding hydrogens is 176 g/mol. The van der Waals surface area contributed by atoms with E-state index in [1.807, 2.05) is 0 Å². The molecule has 0 spiro atoms. The molecule has 0 saturated carbocycles. The Hall–Kier alpha value is -2.11. The Labute approximate surface area is 72.8 Å². The molecule has 0 aromatic rings. The Morgan fingerprint density at radius 1 is 1.23 bits per heavy atom. The van der Waals surface area contributed by atoms with E-state index < -0.39 is 17.3 Å². The molecule has 0 aromatic heterocycles. The van der Waals surface area contributed by atoms with Crippen LogP contribution in [0.3, 0.4) is 0 Å². The lowest BCUT2D eigenvalue weighted by Gasteiger charge is -2.04. The molecule has 1 aliphatic carbocycles. The van der Waals surface area contributed by atoms with Crippen molar-refractivity contribution >= 4 is 5.78 Å². The average molecular weight is 182 g/mol. The third kappa shape index (κ3) is 1.92. The van der Waals surface area contributed by atoms with Crippen LogP contribution in [0, 0.1) is 0 Å². The van der Waals surface area contributed by atoms with Crippen LogP contribution in [0.2, 0.25) is 0 Å². The predicted molar refractivity (Wildman–Crippen MR) is 41.2 cm³/mol. The van der Waals surface area contributed by atoms with Crippen molar-refractivity contribution in [3.63, 3.8) is 0 Å². The van der Waals surface area contributed by atoms with Crippen molar-refractivity contribution in [2.75, 3.05) is 0 Å². The molecule has 6 nitrogen and oxygen atoms in total. The molecule has 0 aliphatic heterocycles. The lowest BCUT2D eigenvalue weighted by atomic mass is 10.1. The molecule has 0 saturated heterocycles. The molecule has 0 bridgehead atoms. The van der Waals surface area contributed by atoms with E-state index in [1.165, 1.54) is 0 Å². The van der Waals surface area contributed by atoms with Gasteiger partial charge < -0.3 is 15.4 Å². The number of aliphatic hydroxyl groups excluding tert-OH is 2. The zero-order valence-corrected chi connectivity index (χ0v) is 6.38. The lowest BCUT2D eigenvalue weighted by Crippen LogP contribution is -2.09.